The molecule has 0 aromatic rings. The molecule has 4 nitrogen and oxygen atoms in total. The highest BCUT2D eigenvalue weighted by atomic mass is 32.2. The first-order chi connectivity index (χ1) is 5.47. The van der Waals surface area contributed by atoms with E-state index in [2.05, 4.69) is 4.18 Å². The summed E-state index contributed by atoms with van der Waals surface area (Å²) in [6.07, 6.45) is 1.26. The molecule has 1 rings (SSSR count). The zero-order valence-corrected chi connectivity index (χ0v) is 7.93. The second-order valence-electron chi connectivity index (χ2n) is 3.16. The number of hydrogen-bond acceptors (Lipinski definition) is 4. The van der Waals surface area contributed by atoms with Crippen molar-refractivity contribution in [2.75, 3.05) is 12.4 Å². The highest BCUT2D eigenvalue weighted by Crippen LogP contribution is 2.24. The van der Waals surface area contributed by atoms with Crippen LogP contribution in [-0.4, -0.2) is 31.5 Å². The van der Waals surface area contributed by atoms with Crippen molar-refractivity contribution in [2.24, 2.45) is 0 Å². The summed E-state index contributed by atoms with van der Waals surface area (Å²) < 4.78 is 26.5. The zero-order valence-electron chi connectivity index (χ0n) is 7.12. The van der Waals surface area contributed by atoms with Crippen LogP contribution in [0.4, 0.5) is 0 Å². The first-order valence-electron chi connectivity index (χ1n) is 4.07. The Morgan fingerprint density at radius 2 is 2.08 bits per heavy atom. The summed E-state index contributed by atoms with van der Waals surface area (Å²) in [5, 5.41) is 9.75. The molecule has 0 radical (unpaired) electrons. The lowest BCUT2D eigenvalue weighted by atomic mass is 9.94. The molecule has 0 aromatic carbocycles. The van der Waals surface area contributed by atoms with Crippen LogP contribution in [0.5, 0.6) is 0 Å². The molecule has 0 aromatic heterocycles. The molecule has 0 spiro atoms. The van der Waals surface area contributed by atoms with Crippen molar-refractivity contribution in [1.82, 2.24) is 0 Å². The highest BCUT2D eigenvalue weighted by Gasteiger charge is 2.31. The third-order valence-corrected chi connectivity index (χ3v) is 3.54. The molecule has 1 aliphatic rings. The molecule has 80 valence electrons. The SMILES string of the molecule is C.CCC1(O)CCOS(=O)(=O)CC1. The number of aliphatic hydroxyl groups is 1. The van der Waals surface area contributed by atoms with Crippen LogP contribution in [0, 0.1) is 0 Å². The van der Waals surface area contributed by atoms with Gasteiger partial charge in [0.05, 0.1) is 18.0 Å². The molecular formula is C8H18O4S. The van der Waals surface area contributed by atoms with Gasteiger partial charge in [-0.3, -0.25) is 4.18 Å². The van der Waals surface area contributed by atoms with Crippen molar-refractivity contribution in [3.63, 3.8) is 0 Å². The van der Waals surface area contributed by atoms with Crippen LogP contribution in [0.2, 0.25) is 0 Å². The Morgan fingerprint density at radius 1 is 1.46 bits per heavy atom. The molecular weight excluding hydrogens is 192 g/mol. The van der Waals surface area contributed by atoms with Crippen LogP contribution in [0.1, 0.15) is 33.6 Å². The van der Waals surface area contributed by atoms with E-state index in [0.29, 0.717) is 12.8 Å². The maximum atomic E-state index is 10.9. The number of rotatable bonds is 1. The molecule has 0 saturated carbocycles. The molecule has 1 atom stereocenters. The quantitative estimate of drug-likeness (QED) is 0.653. The maximum Gasteiger partial charge on any atom is 0.267 e. The standard InChI is InChI=1S/C7H14O4S.CH4/c1-2-7(8)3-5-11-12(9,10)6-4-7;/h8H,2-6H2,1H3;1H4. The van der Waals surface area contributed by atoms with Crippen LogP contribution in [0.3, 0.4) is 0 Å². The van der Waals surface area contributed by atoms with Crippen LogP contribution < -0.4 is 0 Å². The molecule has 1 unspecified atom stereocenters. The van der Waals surface area contributed by atoms with E-state index in [-0.39, 0.29) is 26.2 Å². The fourth-order valence-corrected chi connectivity index (χ4v) is 2.30. The average molecular weight is 210 g/mol. The van der Waals surface area contributed by atoms with E-state index in [9.17, 15) is 13.5 Å². The third kappa shape index (κ3) is 3.62. The van der Waals surface area contributed by atoms with Gasteiger partial charge >= 0.3 is 0 Å². The predicted octanol–water partition coefficient (Wildman–Crippen LogP) is 0.904. The van der Waals surface area contributed by atoms with Crippen LogP contribution >= 0.6 is 0 Å². The Morgan fingerprint density at radius 3 is 2.62 bits per heavy atom. The largest absolute Gasteiger partial charge is 0.390 e. The molecule has 0 aliphatic carbocycles. The first-order valence-corrected chi connectivity index (χ1v) is 5.65. The van der Waals surface area contributed by atoms with Gasteiger partial charge in [0.25, 0.3) is 10.1 Å². The minimum atomic E-state index is -3.36. The molecule has 1 heterocycles. The Balaban J connectivity index is 0.00000144. The van der Waals surface area contributed by atoms with E-state index >= 15 is 0 Å². The Bertz CT molecular complexity index is 247. The van der Waals surface area contributed by atoms with Gasteiger partial charge in [0.2, 0.25) is 0 Å². The highest BCUT2D eigenvalue weighted by molar-refractivity contribution is 7.86. The van der Waals surface area contributed by atoms with Crippen LogP contribution in [0.15, 0.2) is 0 Å². The van der Waals surface area contributed by atoms with Crippen molar-refractivity contribution in [2.45, 2.75) is 39.2 Å². The van der Waals surface area contributed by atoms with Gasteiger partial charge < -0.3 is 5.11 Å². The summed E-state index contributed by atoms with van der Waals surface area (Å²) in [5.41, 5.74) is -0.844. The van der Waals surface area contributed by atoms with E-state index in [1.807, 2.05) is 6.92 Å². The second kappa shape index (κ2) is 4.39. The summed E-state index contributed by atoms with van der Waals surface area (Å²) >= 11 is 0. The van der Waals surface area contributed by atoms with E-state index in [0.717, 1.165) is 0 Å². The van der Waals surface area contributed by atoms with Crippen molar-refractivity contribution in [3.8, 4) is 0 Å². The average Bonchev–Trinajstić information content (AvgIpc) is 2.13. The van der Waals surface area contributed by atoms with Gasteiger partial charge in [-0.1, -0.05) is 14.4 Å². The number of hydrogen-bond donors (Lipinski definition) is 1. The summed E-state index contributed by atoms with van der Waals surface area (Å²) in [4.78, 5) is 0. The minimum absolute atomic E-state index is 0. The van der Waals surface area contributed by atoms with Crippen molar-refractivity contribution >= 4 is 10.1 Å². The first kappa shape index (κ1) is 12.9. The van der Waals surface area contributed by atoms with E-state index in [1.54, 1.807) is 0 Å². The zero-order chi connectivity index (χ0) is 9.24. The lowest BCUT2D eigenvalue weighted by Crippen LogP contribution is -2.28. The van der Waals surface area contributed by atoms with Gasteiger partial charge in [0.1, 0.15) is 0 Å². The second-order valence-corrected chi connectivity index (χ2v) is 4.92. The lowest BCUT2D eigenvalue weighted by Gasteiger charge is -2.22. The lowest BCUT2D eigenvalue weighted by molar-refractivity contribution is 0.0191. The molecule has 1 aliphatic heterocycles. The summed E-state index contributed by atoms with van der Waals surface area (Å²) in [7, 11) is -3.36. The molecule has 0 amide bonds. The van der Waals surface area contributed by atoms with E-state index in [1.165, 1.54) is 0 Å². The molecule has 13 heavy (non-hydrogen) atoms. The maximum absolute atomic E-state index is 10.9. The van der Waals surface area contributed by atoms with Gasteiger partial charge in [-0.15, -0.1) is 0 Å². The summed E-state index contributed by atoms with van der Waals surface area (Å²) in [6, 6.07) is 0. The third-order valence-electron chi connectivity index (χ3n) is 2.31. The normalized spacial score (nSPS) is 33.1. The smallest absolute Gasteiger partial charge is 0.267 e. The Hall–Kier alpha value is -0.130. The van der Waals surface area contributed by atoms with Gasteiger partial charge in [0.15, 0.2) is 0 Å². The van der Waals surface area contributed by atoms with Crippen LogP contribution in [0.25, 0.3) is 0 Å². The van der Waals surface area contributed by atoms with Crippen molar-refractivity contribution in [1.29, 1.82) is 0 Å². The molecule has 1 fully saturated rings. The van der Waals surface area contributed by atoms with E-state index in [4.69, 9.17) is 0 Å². The molecule has 5 heteroatoms. The van der Waals surface area contributed by atoms with Gasteiger partial charge in [-0.05, 0) is 12.8 Å². The summed E-state index contributed by atoms with van der Waals surface area (Å²) in [5.74, 6) is -0.0721. The van der Waals surface area contributed by atoms with Crippen molar-refractivity contribution < 1.29 is 17.7 Å². The van der Waals surface area contributed by atoms with Crippen molar-refractivity contribution in [3.05, 3.63) is 0 Å². The fraction of sp³-hybridized carbons (Fsp3) is 1.00. The molecule has 1 saturated heterocycles. The van der Waals surface area contributed by atoms with Gasteiger partial charge in [-0.2, -0.15) is 8.42 Å². The molecule has 0 bridgehead atoms. The molecule has 1 N–H and O–H groups in total. The van der Waals surface area contributed by atoms with E-state index < -0.39 is 15.7 Å². The monoisotopic (exact) mass is 210 g/mol. The predicted molar refractivity (Wildman–Crippen MR) is 50.9 cm³/mol. The topological polar surface area (TPSA) is 63.6 Å². The van der Waals surface area contributed by atoms with Gasteiger partial charge in [-0.25, -0.2) is 0 Å². The van der Waals surface area contributed by atoms with Gasteiger partial charge in [0, 0.05) is 6.42 Å². The Kier molecular flexibility index (Phi) is 4.35. The summed E-state index contributed by atoms with van der Waals surface area (Å²) in [6.45, 7) is 1.95. The Labute approximate surface area is 80.0 Å². The fourth-order valence-electron chi connectivity index (χ4n) is 1.21. The minimum Gasteiger partial charge on any atom is -0.390 e. The van der Waals surface area contributed by atoms with Crippen LogP contribution in [-0.2, 0) is 14.3 Å².